The van der Waals surface area contributed by atoms with Gasteiger partial charge in [0.05, 0.1) is 13.2 Å². The molecule has 2 unspecified atom stereocenters. The summed E-state index contributed by atoms with van der Waals surface area (Å²) < 4.78 is 10.7. The van der Waals surface area contributed by atoms with E-state index in [0.717, 1.165) is 37.2 Å². The Morgan fingerprint density at radius 3 is 2.65 bits per heavy atom. The molecule has 1 N–H and O–H groups in total. The summed E-state index contributed by atoms with van der Waals surface area (Å²) in [5.41, 5.74) is 0.967. The fourth-order valence-electron chi connectivity index (χ4n) is 3.04. The molecule has 0 aliphatic carbocycles. The van der Waals surface area contributed by atoms with Gasteiger partial charge in [-0.1, -0.05) is 19.1 Å². The summed E-state index contributed by atoms with van der Waals surface area (Å²) in [6.07, 6.45) is 3.28. The van der Waals surface area contributed by atoms with E-state index in [1.54, 1.807) is 18.9 Å². The fraction of sp³-hybridized carbons (Fsp3) is 0.600. The number of nitrogens with one attached hydrogen (secondary N) is 1. The third-order valence-electron chi connectivity index (χ3n) is 4.67. The predicted octanol–water partition coefficient (Wildman–Crippen LogP) is 2.51. The number of ether oxygens (including phenoxy) is 2. The highest BCUT2D eigenvalue weighted by Crippen LogP contribution is 2.16. The van der Waals surface area contributed by atoms with E-state index in [2.05, 4.69) is 5.32 Å². The first-order valence-electron chi connectivity index (χ1n) is 9.36. The minimum absolute atomic E-state index is 0.0110. The summed E-state index contributed by atoms with van der Waals surface area (Å²) in [6.45, 7) is 5.40. The molecule has 1 aliphatic heterocycles. The molecule has 2 atom stereocenters. The van der Waals surface area contributed by atoms with Gasteiger partial charge in [-0.15, -0.1) is 0 Å². The Hall–Kier alpha value is -2.08. The zero-order valence-electron chi connectivity index (χ0n) is 16.0. The van der Waals surface area contributed by atoms with Gasteiger partial charge in [0.1, 0.15) is 11.8 Å². The van der Waals surface area contributed by atoms with Crippen molar-refractivity contribution in [3.05, 3.63) is 29.8 Å². The molecule has 0 spiro atoms. The maximum Gasteiger partial charge on any atom is 0.242 e. The maximum atomic E-state index is 12.6. The molecule has 144 valence electrons. The largest absolute Gasteiger partial charge is 0.497 e. The minimum atomic E-state index is -0.530. The zero-order valence-corrected chi connectivity index (χ0v) is 16.0. The number of rotatable bonds is 9. The topological polar surface area (TPSA) is 67.9 Å². The van der Waals surface area contributed by atoms with Crippen LogP contribution in [0.4, 0.5) is 0 Å². The van der Waals surface area contributed by atoms with Crippen LogP contribution in [0.5, 0.6) is 5.75 Å². The van der Waals surface area contributed by atoms with Crippen molar-refractivity contribution in [3.8, 4) is 5.75 Å². The monoisotopic (exact) mass is 362 g/mol. The molecular weight excluding hydrogens is 332 g/mol. The van der Waals surface area contributed by atoms with Crippen molar-refractivity contribution in [3.63, 3.8) is 0 Å². The van der Waals surface area contributed by atoms with Crippen LogP contribution in [0, 0.1) is 0 Å². The van der Waals surface area contributed by atoms with Crippen molar-refractivity contribution in [2.45, 2.75) is 58.2 Å². The highest BCUT2D eigenvalue weighted by atomic mass is 16.5. The molecule has 0 aromatic heterocycles. The Morgan fingerprint density at radius 2 is 2.08 bits per heavy atom. The van der Waals surface area contributed by atoms with E-state index in [9.17, 15) is 9.59 Å². The SMILES string of the molecule is CCCC(=O)N(Cc1ccc(OC)cc1)C(C)C(=O)NCC1CCCO1. The van der Waals surface area contributed by atoms with Crippen LogP contribution in [0.3, 0.4) is 0 Å². The zero-order chi connectivity index (χ0) is 18.9. The number of amides is 2. The van der Waals surface area contributed by atoms with E-state index in [1.165, 1.54) is 0 Å². The molecule has 2 amide bonds. The van der Waals surface area contributed by atoms with Gasteiger partial charge in [-0.25, -0.2) is 0 Å². The van der Waals surface area contributed by atoms with E-state index in [1.807, 2.05) is 31.2 Å². The van der Waals surface area contributed by atoms with Crippen LogP contribution in [0.15, 0.2) is 24.3 Å². The number of nitrogens with zero attached hydrogens (tertiary/aromatic N) is 1. The van der Waals surface area contributed by atoms with Gasteiger partial charge in [-0.2, -0.15) is 0 Å². The lowest BCUT2D eigenvalue weighted by Crippen LogP contribution is -2.48. The number of methoxy groups -OCH3 is 1. The molecule has 1 aliphatic rings. The summed E-state index contributed by atoms with van der Waals surface area (Å²) in [5.74, 6) is 0.615. The summed E-state index contributed by atoms with van der Waals surface area (Å²) in [4.78, 5) is 26.8. The van der Waals surface area contributed by atoms with Gasteiger partial charge >= 0.3 is 0 Å². The molecule has 2 rings (SSSR count). The van der Waals surface area contributed by atoms with Gasteiger partial charge < -0.3 is 19.7 Å². The highest BCUT2D eigenvalue weighted by molar-refractivity contribution is 5.87. The van der Waals surface area contributed by atoms with Crippen LogP contribution in [-0.2, 0) is 20.9 Å². The van der Waals surface area contributed by atoms with E-state index in [4.69, 9.17) is 9.47 Å². The second-order valence-corrected chi connectivity index (χ2v) is 6.68. The number of hydrogen-bond donors (Lipinski definition) is 1. The molecule has 1 aromatic rings. The molecule has 0 bridgehead atoms. The van der Waals surface area contributed by atoms with Crippen molar-refractivity contribution in [1.82, 2.24) is 10.2 Å². The Kier molecular flexibility index (Phi) is 7.91. The first kappa shape index (κ1) is 20.2. The molecule has 1 heterocycles. The Bertz CT molecular complexity index is 582. The predicted molar refractivity (Wildman–Crippen MR) is 99.9 cm³/mol. The van der Waals surface area contributed by atoms with Gasteiger partial charge in [0.15, 0.2) is 0 Å². The van der Waals surface area contributed by atoms with E-state index >= 15 is 0 Å². The molecule has 1 fully saturated rings. The third kappa shape index (κ3) is 5.73. The van der Waals surface area contributed by atoms with Crippen LogP contribution >= 0.6 is 0 Å². The van der Waals surface area contributed by atoms with Crippen LogP contribution < -0.4 is 10.1 Å². The maximum absolute atomic E-state index is 12.6. The summed E-state index contributed by atoms with van der Waals surface area (Å²) in [5, 5.41) is 2.93. The first-order valence-corrected chi connectivity index (χ1v) is 9.36. The number of hydrogen-bond acceptors (Lipinski definition) is 4. The summed E-state index contributed by atoms with van der Waals surface area (Å²) in [6, 6.07) is 7.03. The first-order chi connectivity index (χ1) is 12.5. The molecule has 0 radical (unpaired) electrons. The second-order valence-electron chi connectivity index (χ2n) is 6.68. The molecule has 0 saturated carbocycles. The molecular formula is C20H30N2O4. The molecule has 26 heavy (non-hydrogen) atoms. The van der Waals surface area contributed by atoms with Crippen molar-refractivity contribution < 1.29 is 19.1 Å². The lowest BCUT2D eigenvalue weighted by molar-refractivity contribution is -0.140. The highest BCUT2D eigenvalue weighted by Gasteiger charge is 2.26. The lowest BCUT2D eigenvalue weighted by Gasteiger charge is -2.29. The van der Waals surface area contributed by atoms with Crippen molar-refractivity contribution >= 4 is 11.8 Å². The molecule has 1 aromatic carbocycles. The number of carbonyl (C=O) groups excluding carboxylic acids is 2. The summed E-state index contributed by atoms with van der Waals surface area (Å²) >= 11 is 0. The lowest BCUT2D eigenvalue weighted by atomic mass is 10.1. The third-order valence-corrected chi connectivity index (χ3v) is 4.67. The minimum Gasteiger partial charge on any atom is -0.497 e. The van der Waals surface area contributed by atoms with E-state index < -0.39 is 6.04 Å². The van der Waals surface area contributed by atoms with E-state index in [-0.39, 0.29) is 17.9 Å². The average molecular weight is 362 g/mol. The quantitative estimate of drug-likeness (QED) is 0.733. The summed E-state index contributed by atoms with van der Waals surface area (Å²) in [7, 11) is 1.62. The molecule has 1 saturated heterocycles. The molecule has 6 heteroatoms. The Morgan fingerprint density at radius 1 is 1.35 bits per heavy atom. The standard InChI is InChI=1S/C20H30N2O4/c1-4-6-19(23)22(14-16-8-10-17(25-3)11-9-16)15(2)20(24)21-13-18-7-5-12-26-18/h8-11,15,18H,4-7,12-14H2,1-3H3,(H,21,24). The van der Waals surface area contributed by atoms with Gasteiger partial charge in [0.25, 0.3) is 0 Å². The van der Waals surface area contributed by atoms with Crippen LogP contribution in [0.2, 0.25) is 0 Å². The average Bonchev–Trinajstić information content (AvgIpc) is 3.18. The Balaban J connectivity index is 2.01. The van der Waals surface area contributed by atoms with Gasteiger partial charge in [-0.05, 0) is 43.9 Å². The van der Waals surface area contributed by atoms with Gasteiger partial charge in [0, 0.05) is 26.1 Å². The van der Waals surface area contributed by atoms with Crippen molar-refractivity contribution in [1.29, 1.82) is 0 Å². The fourth-order valence-corrected chi connectivity index (χ4v) is 3.04. The van der Waals surface area contributed by atoms with Gasteiger partial charge in [0.2, 0.25) is 11.8 Å². The second kappa shape index (κ2) is 10.2. The van der Waals surface area contributed by atoms with Crippen molar-refractivity contribution in [2.24, 2.45) is 0 Å². The Labute approximate surface area is 155 Å². The van der Waals surface area contributed by atoms with Crippen molar-refractivity contribution in [2.75, 3.05) is 20.3 Å². The number of benzene rings is 1. The number of carbonyl (C=O) groups is 2. The van der Waals surface area contributed by atoms with Crippen LogP contribution in [0.1, 0.15) is 45.1 Å². The normalized spacial score (nSPS) is 17.6. The molecule has 6 nitrogen and oxygen atoms in total. The van der Waals surface area contributed by atoms with Crippen LogP contribution in [0.25, 0.3) is 0 Å². The van der Waals surface area contributed by atoms with Gasteiger partial charge in [-0.3, -0.25) is 9.59 Å². The van der Waals surface area contributed by atoms with Crippen LogP contribution in [-0.4, -0.2) is 49.1 Å². The van der Waals surface area contributed by atoms with E-state index in [0.29, 0.717) is 19.5 Å². The smallest absolute Gasteiger partial charge is 0.242 e.